The van der Waals surface area contributed by atoms with Gasteiger partial charge in [-0.2, -0.15) is 4.98 Å². The van der Waals surface area contributed by atoms with Crippen LogP contribution in [-0.2, 0) is 13.0 Å². The minimum Gasteiger partial charge on any atom is -0.478 e. The molecule has 0 aliphatic carbocycles. The number of benzene rings is 2. The number of aromatic nitrogens is 3. The van der Waals surface area contributed by atoms with Gasteiger partial charge in [0.25, 0.3) is 0 Å². The lowest BCUT2D eigenvalue weighted by Gasteiger charge is -2.08. The highest BCUT2D eigenvalue weighted by molar-refractivity contribution is 5.95. The van der Waals surface area contributed by atoms with E-state index in [9.17, 15) is 9.90 Å². The molecule has 0 unspecified atom stereocenters. The summed E-state index contributed by atoms with van der Waals surface area (Å²) in [5, 5.41) is 13.8. The molecule has 0 aliphatic rings. The highest BCUT2D eigenvalue weighted by Crippen LogP contribution is 2.24. The average Bonchev–Trinajstić information content (AvgIpc) is 3.04. The van der Waals surface area contributed by atoms with Gasteiger partial charge in [0.2, 0.25) is 0 Å². The van der Waals surface area contributed by atoms with Crippen molar-refractivity contribution in [3.63, 3.8) is 0 Å². The fourth-order valence-corrected chi connectivity index (χ4v) is 2.97. The van der Waals surface area contributed by atoms with Crippen molar-refractivity contribution in [2.24, 2.45) is 0 Å². The van der Waals surface area contributed by atoms with Crippen LogP contribution in [0.3, 0.4) is 0 Å². The van der Waals surface area contributed by atoms with E-state index in [1.807, 2.05) is 48.0 Å². The Kier molecular flexibility index (Phi) is 5.86. The number of carboxylic acid groups (broad SMARTS) is 1. The maximum absolute atomic E-state index is 11.4. The lowest BCUT2D eigenvalue weighted by Crippen LogP contribution is -2.06. The van der Waals surface area contributed by atoms with E-state index in [0.29, 0.717) is 30.2 Å². The number of aryl methyl sites for hydroxylation is 1. The fourth-order valence-electron chi connectivity index (χ4n) is 2.97. The van der Waals surface area contributed by atoms with Gasteiger partial charge in [-0.15, -0.1) is 5.10 Å². The second kappa shape index (κ2) is 8.49. The Hall–Kier alpha value is -3.15. The molecule has 0 radical (unpaired) electrons. The van der Waals surface area contributed by atoms with E-state index in [0.717, 1.165) is 29.9 Å². The van der Waals surface area contributed by atoms with Crippen LogP contribution in [-0.4, -0.2) is 32.4 Å². The van der Waals surface area contributed by atoms with Crippen LogP contribution in [0.4, 0.5) is 0 Å². The summed E-state index contributed by atoms with van der Waals surface area (Å²) < 4.78 is 7.31. The summed E-state index contributed by atoms with van der Waals surface area (Å²) in [6.45, 7) is 5.33. The third kappa shape index (κ3) is 4.34. The molecular weight excluding hydrogens is 342 g/mol. The molecule has 0 spiro atoms. The molecule has 0 saturated carbocycles. The molecule has 0 aliphatic heterocycles. The van der Waals surface area contributed by atoms with Crippen LogP contribution >= 0.6 is 0 Å². The predicted molar refractivity (Wildman–Crippen MR) is 103 cm³/mol. The Balaban J connectivity index is 1.84. The van der Waals surface area contributed by atoms with E-state index in [4.69, 9.17) is 4.74 Å². The Morgan fingerprint density at radius 1 is 1.11 bits per heavy atom. The van der Waals surface area contributed by atoms with Gasteiger partial charge in [0.05, 0.1) is 12.2 Å². The van der Waals surface area contributed by atoms with Crippen molar-refractivity contribution in [2.45, 2.75) is 33.2 Å². The van der Waals surface area contributed by atoms with Gasteiger partial charge in [-0.3, -0.25) is 0 Å². The van der Waals surface area contributed by atoms with Crippen LogP contribution in [0.25, 0.3) is 11.1 Å². The first-order valence-corrected chi connectivity index (χ1v) is 9.10. The standard InChI is InChI=1S/C21H23N3O3/c1-3-13-24-19(22-21(23-24)27-4-2)14-15-9-11-16(12-10-15)17-7-5-6-8-18(17)20(25)26/h5-12H,3-4,13-14H2,1-2H3,(H,25,26). The van der Waals surface area contributed by atoms with Crippen molar-refractivity contribution in [3.8, 4) is 17.1 Å². The lowest BCUT2D eigenvalue weighted by molar-refractivity contribution is 0.0697. The summed E-state index contributed by atoms with van der Waals surface area (Å²) in [6.07, 6.45) is 1.60. The number of rotatable bonds is 8. The van der Waals surface area contributed by atoms with Gasteiger partial charge in [0, 0.05) is 13.0 Å². The summed E-state index contributed by atoms with van der Waals surface area (Å²) >= 11 is 0. The molecule has 27 heavy (non-hydrogen) atoms. The molecule has 0 saturated heterocycles. The second-order valence-electron chi connectivity index (χ2n) is 6.19. The Bertz CT molecular complexity index is 917. The topological polar surface area (TPSA) is 77.2 Å². The molecule has 0 atom stereocenters. The molecule has 3 aromatic rings. The second-order valence-corrected chi connectivity index (χ2v) is 6.19. The third-order valence-corrected chi connectivity index (χ3v) is 4.22. The van der Waals surface area contributed by atoms with E-state index < -0.39 is 5.97 Å². The zero-order valence-electron chi connectivity index (χ0n) is 15.6. The van der Waals surface area contributed by atoms with Crippen molar-refractivity contribution >= 4 is 5.97 Å². The summed E-state index contributed by atoms with van der Waals surface area (Å²) in [7, 11) is 0. The molecule has 6 nitrogen and oxygen atoms in total. The number of hydrogen-bond acceptors (Lipinski definition) is 4. The van der Waals surface area contributed by atoms with Crippen molar-refractivity contribution in [2.75, 3.05) is 6.61 Å². The van der Waals surface area contributed by atoms with Crippen molar-refractivity contribution in [1.82, 2.24) is 14.8 Å². The first-order chi connectivity index (χ1) is 13.1. The van der Waals surface area contributed by atoms with E-state index in [2.05, 4.69) is 17.0 Å². The van der Waals surface area contributed by atoms with Gasteiger partial charge in [-0.1, -0.05) is 49.4 Å². The minimum atomic E-state index is -0.925. The summed E-state index contributed by atoms with van der Waals surface area (Å²) in [5.41, 5.74) is 2.97. The van der Waals surface area contributed by atoms with Gasteiger partial charge < -0.3 is 9.84 Å². The lowest BCUT2D eigenvalue weighted by atomic mass is 9.98. The first-order valence-electron chi connectivity index (χ1n) is 9.10. The SMILES string of the molecule is CCCn1nc(OCC)nc1Cc1ccc(-c2ccccc2C(=O)O)cc1. The zero-order valence-corrected chi connectivity index (χ0v) is 15.6. The van der Waals surface area contributed by atoms with Crippen LogP contribution in [0.5, 0.6) is 6.01 Å². The normalized spacial score (nSPS) is 10.7. The molecule has 0 fully saturated rings. The molecular formula is C21H23N3O3. The molecule has 0 amide bonds. The summed E-state index contributed by atoms with van der Waals surface area (Å²) in [4.78, 5) is 15.9. The van der Waals surface area contributed by atoms with E-state index in [1.54, 1.807) is 12.1 Å². The van der Waals surface area contributed by atoms with Gasteiger partial charge >= 0.3 is 12.0 Å². The minimum absolute atomic E-state index is 0.300. The highest BCUT2D eigenvalue weighted by Gasteiger charge is 2.13. The molecule has 1 aromatic heterocycles. The average molecular weight is 365 g/mol. The maximum atomic E-state index is 11.4. The van der Waals surface area contributed by atoms with E-state index in [-0.39, 0.29) is 0 Å². The van der Waals surface area contributed by atoms with Crippen molar-refractivity contribution < 1.29 is 14.6 Å². The largest absolute Gasteiger partial charge is 0.478 e. The number of carboxylic acids is 1. The smallest absolute Gasteiger partial charge is 0.336 e. The zero-order chi connectivity index (χ0) is 19.2. The Labute approximate surface area is 158 Å². The van der Waals surface area contributed by atoms with Gasteiger partial charge in [0.1, 0.15) is 5.82 Å². The third-order valence-electron chi connectivity index (χ3n) is 4.22. The summed E-state index contributed by atoms with van der Waals surface area (Å²) in [5.74, 6) is -0.0650. The predicted octanol–water partition coefficient (Wildman–Crippen LogP) is 4.04. The van der Waals surface area contributed by atoms with Gasteiger partial charge in [-0.05, 0) is 36.1 Å². The molecule has 1 N–H and O–H groups in total. The highest BCUT2D eigenvalue weighted by atomic mass is 16.5. The van der Waals surface area contributed by atoms with E-state index >= 15 is 0 Å². The number of carbonyl (C=O) groups is 1. The molecule has 3 rings (SSSR count). The first kappa shape index (κ1) is 18.6. The molecule has 140 valence electrons. The maximum Gasteiger partial charge on any atom is 0.336 e. The Morgan fingerprint density at radius 3 is 2.52 bits per heavy atom. The number of ether oxygens (including phenoxy) is 1. The quantitative estimate of drug-likeness (QED) is 0.652. The molecule has 6 heteroatoms. The van der Waals surface area contributed by atoms with Gasteiger partial charge in [-0.25, -0.2) is 9.48 Å². The number of nitrogens with zero attached hydrogens (tertiary/aromatic N) is 3. The molecule has 0 bridgehead atoms. The number of aromatic carboxylic acids is 1. The molecule has 1 heterocycles. The van der Waals surface area contributed by atoms with Crippen LogP contribution in [0.15, 0.2) is 48.5 Å². The molecule has 2 aromatic carbocycles. The van der Waals surface area contributed by atoms with Crippen LogP contribution < -0.4 is 4.74 Å². The van der Waals surface area contributed by atoms with E-state index in [1.165, 1.54) is 0 Å². The fraction of sp³-hybridized carbons (Fsp3) is 0.286. The van der Waals surface area contributed by atoms with Crippen molar-refractivity contribution in [3.05, 3.63) is 65.5 Å². The Morgan fingerprint density at radius 2 is 1.85 bits per heavy atom. The number of hydrogen-bond donors (Lipinski definition) is 1. The van der Waals surface area contributed by atoms with Crippen LogP contribution in [0.1, 0.15) is 42.0 Å². The van der Waals surface area contributed by atoms with Crippen LogP contribution in [0, 0.1) is 0 Å². The summed E-state index contributed by atoms with van der Waals surface area (Å²) in [6, 6.07) is 15.3. The van der Waals surface area contributed by atoms with Gasteiger partial charge in [0.15, 0.2) is 0 Å². The monoisotopic (exact) mass is 365 g/mol. The van der Waals surface area contributed by atoms with Crippen molar-refractivity contribution in [1.29, 1.82) is 0 Å². The van der Waals surface area contributed by atoms with Crippen LogP contribution in [0.2, 0.25) is 0 Å².